The fourth-order valence-electron chi connectivity index (χ4n) is 6.34. The second kappa shape index (κ2) is 10.2. The third-order valence-electron chi connectivity index (χ3n) is 8.13. The van der Waals surface area contributed by atoms with E-state index >= 15 is 0 Å². The minimum absolute atomic E-state index is 0.0311. The van der Waals surface area contributed by atoms with Gasteiger partial charge < -0.3 is 14.9 Å². The number of hydrogen-bond donors (Lipinski definition) is 1. The summed E-state index contributed by atoms with van der Waals surface area (Å²) < 4.78 is 14.5. The Balaban J connectivity index is 1.37. The van der Waals surface area contributed by atoms with Crippen molar-refractivity contribution in [3.8, 4) is 0 Å². The third-order valence-corrected chi connectivity index (χ3v) is 8.44. The van der Waals surface area contributed by atoms with Crippen LogP contribution < -0.4 is 4.90 Å². The normalized spacial score (nSPS) is 25.5. The van der Waals surface area contributed by atoms with Crippen molar-refractivity contribution >= 4 is 23.3 Å². The Morgan fingerprint density at radius 1 is 1.17 bits per heavy atom. The van der Waals surface area contributed by atoms with Crippen LogP contribution in [0.25, 0.3) is 0 Å². The summed E-state index contributed by atoms with van der Waals surface area (Å²) >= 11 is 5.97. The summed E-state index contributed by atoms with van der Waals surface area (Å²) in [7, 11) is 0. The highest BCUT2D eigenvalue weighted by Crippen LogP contribution is 2.43. The molecule has 1 aromatic heterocycles. The van der Waals surface area contributed by atoms with Crippen molar-refractivity contribution in [1.29, 1.82) is 0 Å². The number of rotatable bonds is 5. The van der Waals surface area contributed by atoms with E-state index in [4.69, 9.17) is 11.6 Å². The summed E-state index contributed by atoms with van der Waals surface area (Å²) in [6.45, 7) is 9.78. The molecule has 3 heterocycles. The van der Waals surface area contributed by atoms with Crippen molar-refractivity contribution in [2.24, 2.45) is 0 Å². The molecule has 4 atom stereocenters. The zero-order chi connectivity index (χ0) is 25.6. The Morgan fingerprint density at radius 3 is 2.61 bits per heavy atom. The highest BCUT2D eigenvalue weighted by molar-refractivity contribution is 6.30. The highest BCUT2D eigenvalue weighted by Gasteiger charge is 2.41. The van der Waals surface area contributed by atoms with Gasteiger partial charge in [-0.05, 0) is 63.3 Å². The first kappa shape index (κ1) is 25.4. The van der Waals surface area contributed by atoms with Crippen molar-refractivity contribution in [1.82, 2.24) is 19.8 Å². The number of aliphatic hydroxyl groups is 1. The topological polar surface area (TPSA) is 72.8 Å². The summed E-state index contributed by atoms with van der Waals surface area (Å²) in [6.07, 6.45) is 3.58. The molecule has 1 amide bonds. The summed E-state index contributed by atoms with van der Waals surface area (Å²) in [5.74, 6) is 0.186. The van der Waals surface area contributed by atoms with E-state index in [1.54, 1.807) is 12.1 Å². The molecule has 2 fully saturated rings. The van der Waals surface area contributed by atoms with Crippen LogP contribution in [-0.2, 0) is 4.79 Å². The molecule has 0 saturated carbocycles. The van der Waals surface area contributed by atoms with Gasteiger partial charge in [0.2, 0.25) is 5.91 Å². The predicted octanol–water partition coefficient (Wildman–Crippen LogP) is 4.11. The maximum atomic E-state index is 14.5. The number of nitrogens with zero attached hydrogens (tertiary/aromatic N) is 5. The van der Waals surface area contributed by atoms with Gasteiger partial charge in [0.25, 0.3) is 0 Å². The number of carbonyl (C=O) groups excluding carboxylic acids is 1. The molecule has 0 bridgehead atoms. The number of aromatic nitrogens is 2. The van der Waals surface area contributed by atoms with Crippen molar-refractivity contribution < 1.29 is 14.3 Å². The third kappa shape index (κ3) is 4.59. The smallest absolute Gasteiger partial charge is 0.231 e. The molecule has 1 N–H and O–H groups in total. The fraction of sp³-hybridized carbons (Fsp3) is 0.593. The molecule has 2 aromatic rings. The zero-order valence-electron chi connectivity index (χ0n) is 21.2. The number of aliphatic hydroxyl groups excluding tert-OH is 1. The summed E-state index contributed by atoms with van der Waals surface area (Å²) in [5, 5.41) is 10.4. The summed E-state index contributed by atoms with van der Waals surface area (Å²) in [6, 6.07) is 5.14. The number of piperazine rings is 1. The standard InChI is InChI=1S/C27H35ClFN5O2/c1-16(2)34-8-4-5-21(34)24(18-6-7-19(28)20(29)14-18)27(36)33-11-9-32(10-12-33)26-23-17(3)13-22(35)25(23)30-15-31-26/h6-7,14-17,21-22,24,35H,4-5,8-13H2,1-3H3/t17-,21+,22-,24+/m1/s1. The molecule has 1 aliphatic carbocycles. The molecule has 5 rings (SSSR count). The minimum Gasteiger partial charge on any atom is -0.387 e. The number of hydrogen-bond acceptors (Lipinski definition) is 6. The van der Waals surface area contributed by atoms with Gasteiger partial charge in [0, 0.05) is 43.8 Å². The number of carbonyl (C=O) groups is 1. The van der Waals surface area contributed by atoms with Gasteiger partial charge in [0.15, 0.2) is 0 Å². The van der Waals surface area contributed by atoms with E-state index in [9.17, 15) is 14.3 Å². The first-order valence-electron chi connectivity index (χ1n) is 13.0. The molecule has 0 unspecified atom stereocenters. The lowest BCUT2D eigenvalue weighted by Gasteiger charge is -2.40. The maximum Gasteiger partial charge on any atom is 0.231 e. The van der Waals surface area contributed by atoms with Gasteiger partial charge in [0.1, 0.15) is 18.0 Å². The number of likely N-dealkylation sites (tertiary alicyclic amines) is 1. The molecular formula is C27H35ClFN5O2. The van der Waals surface area contributed by atoms with Gasteiger partial charge in [-0.3, -0.25) is 9.69 Å². The van der Waals surface area contributed by atoms with Crippen molar-refractivity contribution in [2.75, 3.05) is 37.6 Å². The molecule has 1 aromatic carbocycles. The van der Waals surface area contributed by atoms with Crippen molar-refractivity contribution in [2.45, 2.75) is 70.1 Å². The second-order valence-corrected chi connectivity index (χ2v) is 11.1. The lowest BCUT2D eigenvalue weighted by Crippen LogP contribution is -2.53. The van der Waals surface area contributed by atoms with E-state index in [0.717, 1.165) is 36.5 Å². The number of halogens is 2. The molecule has 9 heteroatoms. The van der Waals surface area contributed by atoms with Gasteiger partial charge >= 0.3 is 0 Å². The van der Waals surface area contributed by atoms with E-state index in [0.29, 0.717) is 44.2 Å². The molecule has 7 nitrogen and oxygen atoms in total. The van der Waals surface area contributed by atoms with Gasteiger partial charge in [-0.15, -0.1) is 0 Å². The first-order chi connectivity index (χ1) is 17.3. The van der Waals surface area contributed by atoms with E-state index in [1.807, 2.05) is 4.90 Å². The number of anilines is 1. The van der Waals surface area contributed by atoms with E-state index in [2.05, 4.69) is 40.5 Å². The van der Waals surface area contributed by atoms with Crippen LogP contribution in [0.4, 0.5) is 10.2 Å². The Morgan fingerprint density at radius 2 is 1.92 bits per heavy atom. The molecule has 2 saturated heterocycles. The van der Waals surface area contributed by atoms with Crippen LogP contribution in [0.5, 0.6) is 0 Å². The van der Waals surface area contributed by atoms with Crippen LogP contribution in [0.1, 0.15) is 74.8 Å². The molecule has 0 radical (unpaired) electrons. The molecule has 3 aliphatic rings. The van der Waals surface area contributed by atoms with Crippen molar-refractivity contribution in [3.05, 3.63) is 52.2 Å². The number of fused-ring (bicyclic) bond motifs is 1. The van der Waals surface area contributed by atoms with E-state index in [1.165, 1.54) is 12.4 Å². The molecule has 36 heavy (non-hydrogen) atoms. The van der Waals surface area contributed by atoms with E-state index in [-0.39, 0.29) is 22.9 Å². The van der Waals surface area contributed by atoms with Gasteiger partial charge in [0.05, 0.1) is 22.7 Å². The van der Waals surface area contributed by atoms with Crippen LogP contribution in [-0.4, -0.2) is 75.6 Å². The average Bonchev–Trinajstić information content (AvgIpc) is 3.46. The Bertz CT molecular complexity index is 1120. The molecule has 0 spiro atoms. The second-order valence-electron chi connectivity index (χ2n) is 10.7. The fourth-order valence-corrected chi connectivity index (χ4v) is 6.46. The largest absolute Gasteiger partial charge is 0.387 e. The van der Waals surface area contributed by atoms with Crippen LogP contribution in [0, 0.1) is 5.82 Å². The van der Waals surface area contributed by atoms with E-state index < -0.39 is 17.8 Å². The predicted molar refractivity (Wildman–Crippen MR) is 138 cm³/mol. The van der Waals surface area contributed by atoms with Gasteiger partial charge in [-0.1, -0.05) is 24.6 Å². The van der Waals surface area contributed by atoms with Crippen LogP contribution in [0.2, 0.25) is 5.02 Å². The first-order valence-corrected chi connectivity index (χ1v) is 13.4. The van der Waals surface area contributed by atoms with Crippen LogP contribution >= 0.6 is 11.6 Å². The summed E-state index contributed by atoms with van der Waals surface area (Å²) in [4.78, 5) is 29.4. The van der Waals surface area contributed by atoms with Gasteiger partial charge in [-0.25, -0.2) is 14.4 Å². The number of amides is 1. The average molecular weight is 516 g/mol. The maximum absolute atomic E-state index is 14.5. The molecule has 2 aliphatic heterocycles. The highest BCUT2D eigenvalue weighted by atomic mass is 35.5. The summed E-state index contributed by atoms with van der Waals surface area (Å²) in [5.41, 5.74) is 2.45. The lowest BCUT2D eigenvalue weighted by atomic mass is 9.87. The molecular weight excluding hydrogens is 481 g/mol. The Hall–Kier alpha value is -2.29. The van der Waals surface area contributed by atoms with Gasteiger partial charge in [-0.2, -0.15) is 0 Å². The SMILES string of the molecule is CC(C)N1CCC[C@H]1[C@@H](C(=O)N1CCN(c2ncnc3c2[C@H](C)C[C@H]3O)CC1)c1ccc(Cl)c(F)c1. The quantitative estimate of drug-likeness (QED) is 0.646. The zero-order valence-corrected chi connectivity index (χ0v) is 22.0. The minimum atomic E-state index is -0.546. The monoisotopic (exact) mass is 515 g/mol. The Labute approximate surface area is 217 Å². The number of benzene rings is 1. The Kier molecular flexibility index (Phi) is 7.21. The van der Waals surface area contributed by atoms with Crippen molar-refractivity contribution in [3.63, 3.8) is 0 Å². The molecule has 194 valence electrons. The van der Waals surface area contributed by atoms with Crippen LogP contribution in [0.15, 0.2) is 24.5 Å². The van der Waals surface area contributed by atoms with Crippen LogP contribution in [0.3, 0.4) is 0 Å². The lowest BCUT2D eigenvalue weighted by molar-refractivity contribution is -0.134.